The molecule has 0 atom stereocenters. The van der Waals surface area contributed by atoms with E-state index in [4.69, 9.17) is 10.5 Å². The van der Waals surface area contributed by atoms with Crippen LogP contribution in [0.5, 0.6) is 5.75 Å². The predicted octanol–water partition coefficient (Wildman–Crippen LogP) is 3.97. The van der Waals surface area contributed by atoms with Crippen molar-refractivity contribution in [3.8, 4) is 5.75 Å². The summed E-state index contributed by atoms with van der Waals surface area (Å²) in [6.07, 6.45) is 0. The number of pyridine rings is 1. The standard InChI is InChI=1S/C15H17FN2OS/c1-4-19-13-8-14(12(17)7-11(13)16)20-15-6-9(2)5-10(3)18-15/h5-8H,4,17H2,1-3H3. The minimum Gasteiger partial charge on any atom is -0.491 e. The third-order valence-electron chi connectivity index (χ3n) is 2.65. The minimum atomic E-state index is -0.443. The minimum absolute atomic E-state index is 0.216. The van der Waals surface area contributed by atoms with E-state index in [-0.39, 0.29) is 5.75 Å². The SMILES string of the molecule is CCOc1cc(Sc2cc(C)cc(C)n2)c(N)cc1F. The quantitative estimate of drug-likeness (QED) is 0.866. The van der Waals surface area contributed by atoms with E-state index < -0.39 is 5.82 Å². The van der Waals surface area contributed by atoms with Crippen molar-refractivity contribution in [2.24, 2.45) is 0 Å². The summed E-state index contributed by atoms with van der Waals surface area (Å²) < 4.78 is 18.9. The lowest BCUT2D eigenvalue weighted by molar-refractivity contribution is 0.321. The molecule has 0 aliphatic carbocycles. The van der Waals surface area contributed by atoms with Gasteiger partial charge in [-0.15, -0.1) is 0 Å². The maximum atomic E-state index is 13.7. The fourth-order valence-electron chi connectivity index (χ4n) is 1.87. The van der Waals surface area contributed by atoms with Crippen LogP contribution in [0.3, 0.4) is 0 Å². The number of aromatic nitrogens is 1. The molecule has 1 heterocycles. The van der Waals surface area contributed by atoms with E-state index >= 15 is 0 Å². The summed E-state index contributed by atoms with van der Waals surface area (Å²) in [4.78, 5) is 5.18. The first kappa shape index (κ1) is 14.7. The third-order valence-corrected chi connectivity index (χ3v) is 3.64. The summed E-state index contributed by atoms with van der Waals surface area (Å²) in [5.41, 5.74) is 8.33. The van der Waals surface area contributed by atoms with Gasteiger partial charge in [-0.25, -0.2) is 9.37 Å². The normalized spacial score (nSPS) is 10.6. The number of nitrogen functional groups attached to an aromatic ring is 1. The number of nitrogens with zero attached hydrogens (tertiary/aromatic N) is 1. The van der Waals surface area contributed by atoms with Crippen LogP contribution in [0.2, 0.25) is 0 Å². The molecule has 5 heteroatoms. The van der Waals surface area contributed by atoms with Crippen molar-refractivity contribution in [1.82, 2.24) is 4.98 Å². The summed E-state index contributed by atoms with van der Waals surface area (Å²) in [6, 6.07) is 6.89. The van der Waals surface area contributed by atoms with Crippen molar-refractivity contribution >= 4 is 17.4 Å². The highest BCUT2D eigenvalue weighted by Gasteiger charge is 2.11. The Balaban J connectivity index is 2.34. The number of hydrogen-bond donors (Lipinski definition) is 1. The smallest absolute Gasteiger partial charge is 0.167 e. The Kier molecular flexibility index (Phi) is 4.49. The van der Waals surface area contributed by atoms with E-state index in [0.29, 0.717) is 12.3 Å². The first-order valence-electron chi connectivity index (χ1n) is 6.34. The monoisotopic (exact) mass is 292 g/mol. The fourth-order valence-corrected chi connectivity index (χ4v) is 2.88. The Hall–Kier alpha value is -1.75. The van der Waals surface area contributed by atoms with Crippen molar-refractivity contribution in [1.29, 1.82) is 0 Å². The second-order valence-corrected chi connectivity index (χ2v) is 5.54. The molecule has 0 aliphatic heterocycles. The molecule has 0 unspecified atom stereocenters. The molecule has 0 saturated carbocycles. The zero-order chi connectivity index (χ0) is 14.7. The van der Waals surface area contributed by atoms with Crippen molar-refractivity contribution in [3.63, 3.8) is 0 Å². The average molecular weight is 292 g/mol. The van der Waals surface area contributed by atoms with Crippen LogP contribution in [0, 0.1) is 19.7 Å². The number of aryl methyl sites for hydroxylation is 2. The topological polar surface area (TPSA) is 48.1 Å². The maximum Gasteiger partial charge on any atom is 0.167 e. The van der Waals surface area contributed by atoms with Gasteiger partial charge in [0.15, 0.2) is 11.6 Å². The molecule has 2 aromatic rings. The Morgan fingerprint density at radius 1 is 1.25 bits per heavy atom. The summed E-state index contributed by atoms with van der Waals surface area (Å²) in [5, 5.41) is 0.836. The van der Waals surface area contributed by atoms with Gasteiger partial charge in [-0.05, 0) is 44.5 Å². The predicted molar refractivity (Wildman–Crippen MR) is 79.8 cm³/mol. The van der Waals surface area contributed by atoms with Crippen LogP contribution < -0.4 is 10.5 Å². The van der Waals surface area contributed by atoms with E-state index in [1.54, 1.807) is 6.07 Å². The molecular formula is C15H17FN2OS. The van der Waals surface area contributed by atoms with Gasteiger partial charge in [0.05, 0.1) is 6.61 Å². The number of halogens is 1. The molecule has 1 aromatic carbocycles. The third kappa shape index (κ3) is 3.42. The number of ether oxygens (including phenoxy) is 1. The number of anilines is 1. The van der Waals surface area contributed by atoms with Gasteiger partial charge in [-0.3, -0.25) is 0 Å². The summed E-state index contributed by atoms with van der Waals surface area (Å²) >= 11 is 1.41. The van der Waals surface area contributed by atoms with Crippen LogP contribution in [0.4, 0.5) is 10.1 Å². The van der Waals surface area contributed by atoms with Gasteiger partial charge in [0.2, 0.25) is 0 Å². The maximum absolute atomic E-state index is 13.7. The van der Waals surface area contributed by atoms with Gasteiger partial charge in [0.1, 0.15) is 5.03 Å². The molecule has 1 aromatic heterocycles. The lowest BCUT2D eigenvalue weighted by Gasteiger charge is -2.10. The highest BCUT2D eigenvalue weighted by molar-refractivity contribution is 7.99. The van der Waals surface area contributed by atoms with E-state index in [1.807, 2.05) is 32.9 Å². The van der Waals surface area contributed by atoms with Crippen molar-refractivity contribution in [2.45, 2.75) is 30.7 Å². The molecule has 106 valence electrons. The van der Waals surface area contributed by atoms with E-state index in [1.165, 1.54) is 17.8 Å². The van der Waals surface area contributed by atoms with Crippen LogP contribution >= 0.6 is 11.8 Å². The molecule has 0 bridgehead atoms. The largest absolute Gasteiger partial charge is 0.491 e. The van der Waals surface area contributed by atoms with Crippen molar-refractivity contribution < 1.29 is 9.13 Å². The van der Waals surface area contributed by atoms with Crippen LogP contribution in [0.1, 0.15) is 18.2 Å². The Bertz CT molecular complexity index is 611. The molecule has 20 heavy (non-hydrogen) atoms. The molecular weight excluding hydrogens is 275 g/mol. The number of hydrogen-bond acceptors (Lipinski definition) is 4. The van der Waals surface area contributed by atoms with E-state index in [0.717, 1.165) is 21.2 Å². The van der Waals surface area contributed by atoms with Crippen LogP contribution in [0.25, 0.3) is 0 Å². The highest BCUT2D eigenvalue weighted by Crippen LogP contribution is 2.35. The molecule has 0 amide bonds. The molecule has 2 rings (SSSR count). The summed E-state index contributed by atoms with van der Waals surface area (Å²) in [5.74, 6) is -0.226. The number of benzene rings is 1. The van der Waals surface area contributed by atoms with Crippen molar-refractivity contribution in [3.05, 3.63) is 41.3 Å². The molecule has 2 N–H and O–H groups in total. The van der Waals surface area contributed by atoms with E-state index in [2.05, 4.69) is 4.98 Å². The summed E-state index contributed by atoms with van der Waals surface area (Å²) in [6.45, 7) is 6.18. The zero-order valence-corrected chi connectivity index (χ0v) is 12.6. The Morgan fingerprint density at radius 2 is 2.00 bits per heavy atom. The Labute approximate surface area is 122 Å². The number of nitrogens with two attached hydrogens (primary N) is 1. The van der Waals surface area contributed by atoms with Crippen LogP contribution in [-0.2, 0) is 0 Å². The number of rotatable bonds is 4. The average Bonchev–Trinajstić information content (AvgIpc) is 2.34. The van der Waals surface area contributed by atoms with Gasteiger partial charge in [0.25, 0.3) is 0 Å². The van der Waals surface area contributed by atoms with Gasteiger partial charge < -0.3 is 10.5 Å². The lowest BCUT2D eigenvalue weighted by atomic mass is 10.3. The van der Waals surface area contributed by atoms with Gasteiger partial charge in [-0.1, -0.05) is 11.8 Å². The molecule has 0 aliphatic rings. The molecule has 0 saturated heterocycles. The van der Waals surface area contributed by atoms with Crippen molar-refractivity contribution in [2.75, 3.05) is 12.3 Å². The van der Waals surface area contributed by atoms with Gasteiger partial charge >= 0.3 is 0 Å². The Morgan fingerprint density at radius 3 is 2.65 bits per heavy atom. The molecule has 0 spiro atoms. The van der Waals surface area contributed by atoms with E-state index in [9.17, 15) is 4.39 Å². The first-order valence-corrected chi connectivity index (χ1v) is 7.16. The second kappa shape index (κ2) is 6.13. The first-order chi connectivity index (χ1) is 9.49. The fraction of sp³-hybridized carbons (Fsp3) is 0.267. The van der Waals surface area contributed by atoms with Crippen LogP contribution in [0.15, 0.2) is 34.2 Å². The molecule has 0 radical (unpaired) electrons. The second-order valence-electron chi connectivity index (χ2n) is 4.48. The van der Waals surface area contributed by atoms with Crippen LogP contribution in [-0.4, -0.2) is 11.6 Å². The molecule has 3 nitrogen and oxygen atoms in total. The van der Waals surface area contributed by atoms with Gasteiger partial charge in [0, 0.05) is 22.3 Å². The highest BCUT2D eigenvalue weighted by atomic mass is 32.2. The van der Waals surface area contributed by atoms with Gasteiger partial charge in [-0.2, -0.15) is 0 Å². The summed E-state index contributed by atoms with van der Waals surface area (Å²) in [7, 11) is 0. The molecule has 0 fully saturated rings. The zero-order valence-electron chi connectivity index (χ0n) is 11.7. The lowest BCUT2D eigenvalue weighted by Crippen LogP contribution is -1.98.